The molecule has 146 valence electrons. The lowest BCUT2D eigenvalue weighted by atomic mass is 10.1. The number of carbonyl (C=O) groups is 1. The zero-order valence-corrected chi connectivity index (χ0v) is 16.2. The smallest absolute Gasteiger partial charge is 0.164 e. The predicted molar refractivity (Wildman–Crippen MR) is 109 cm³/mol. The van der Waals surface area contributed by atoms with Crippen molar-refractivity contribution >= 4 is 28.5 Å². The Morgan fingerprint density at radius 1 is 1.07 bits per heavy atom. The monoisotopic (exact) mass is 379 g/mol. The number of fused-ring (bicyclic) bond motifs is 1. The van der Waals surface area contributed by atoms with Gasteiger partial charge in [-0.2, -0.15) is 5.10 Å². The molecule has 0 unspecified atom stereocenters. The van der Waals surface area contributed by atoms with Crippen LogP contribution in [0.25, 0.3) is 11.0 Å². The third kappa shape index (κ3) is 5.07. The van der Waals surface area contributed by atoms with Crippen molar-refractivity contribution in [1.29, 1.82) is 0 Å². The summed E-state index contributed by atoms with van der Waals surface area (Å²) < 4.78 is 0. The maximum absolute atomic E-state index is 12.4. The van der Waals surface area contributed by atoms with E-state index in [4.69, 9.17) is 5.11 Å². The van der Waals surface area contributed by atoms with Crippen LogP contribution in [-0.4, -0.2) is 37.7 Å². The molecule has 7 nitrogen and oxygen atoms in total. The largest absolute Gasteiger partial charge is 0.396 e. The minimum Gasteiger partial charge on any atom is -0.396 e. The predicted octanol–water partition coefficient (Wildman–Crippen LogP) is 4.02. The first-order valence-corrected chi connectivity index (χ1v) is 9.57. The van der Waals surface area contributed by atoms with Crippen LogP contribution in [0.4, 0.5) is 11.6 Å². The summed E-state index contributed by atoms with van der Waals surface area (Å²) in [4.78, 5) is 21.3. The molecule has 3 heterocycles. The lowest BCUT2D eigenvalue weighted by Gasteiger charge is -2.09. The first-order valence-electron chi connectivity index (χ1n) is 9.57. The highest BCUT2D eigenvalue weighted by molar-refractivity contribution is 5.98. The molecule has 0 bridgehead atoms. The molecule has 0 amide bonds. The Kier molecular flexibility index (Phi) is 6.60. The van der Waals surface area contributed by atoms with E-state index >= 15 is 0 Å². The Balaban J connectivity index is 1.76. The number of hydrogen-bond acceptors (Lipinski definition) is 7. The van der Waals surface area contributed by atoms with E-state index in [-0.39, 0.29) is 12.4 Å². The summed E-state index contributed by atoms with van der Waals surface area (Å²) in [6, 6.07) is 7.42. The Hall–Kier alpha value is -2.93. The van der Waals surface area contributed by atoms with E-state index in [0.29, 0.717) is 35.1 Å². The van der Waals surface area contributed by atoms with Crippen LogP contribution in [0, 0.1) is 0 Å². The summed E-state index contributed by atoms with van der Waals surface area (Å²) in [6.45, 7) is 4.36. The first kappa shape index (κ1) is 19.8. The lowest BCUT2D eigenvalue weighted by Crippen LogP contribution is -2.02. The van der Waals surface area contributed by atoms with Crippen LogP contribution in [0.3, 0.4) is 0 Å². The minimum atomic E-state index is 0.0444. The molecular formula is C21H25N5O2. The molecule has 7 heteroatoms. The average Bonchev–Trinajstić information content (AvgIpc) is 2.70. The number of nitrogens with zero attached hydrogens (tertiary/aromatic N) is 4. The average molecular weight is 379 g/mol. The highest BCUT2D eigenvalue weighted by atomic mass is 16.2. The summed E-state index contributed by atoms with van der Waals surface area (Å²) in [5.41, 5.74) is 3.03. The van der Waals surface area contributed by atoms with Gasteiger partial charge in [0.05, 0.1) is 17.2 Å². The fraction of sp³-hybridized carbons (Fsp3) is 0.381. The number of anilines is 2. The van der Waals surface area contributed by atoms with E-state index in [0.717, 1.165) is 30.3 Å². The van der Waals surface area contributed by atoms with Crippen LogP contribution in [-0.2, 0) is 0 Å². The first-order chi connectivity index (χ1) is 13.6. The minimum absolute atomic E-state index is 0.0444. The number of ketones is 1. The van der Waals surface area contributed by atoms with Gasteiger partial charge in [0.25, 0.3) is 0 Å². The molecule has 3 aromatic rings. The lowest BCUT2D eigenvalue weighted by molar-refractivity contribution is 0.0978. The molecular weight excluding hydrogens is 354 g/mol. The van der Waals surface area contributed by atoms with Crippen molar-refractivity contribution in [3.05, 3.63) is 47.8 Å². The van der Waals surface area contributed by atoms with E-state index < -0.39 is 0 Å². The van der Waals surface area contributed by atoms with Crippen LogP contribution in [0.1, 0.15) is 61.4 Å². The number of aliphatic hydroxyl groups excluding tert-OH is 1. The number of aliphatic hydroxyl groups is 1. The quantitative estimate of drug-likeness (QED) is 0.428. The Morgan fingerprint density at radius 3 is 2.71 bits per heavy atom. The number of hydrogen-bond donors (Lipinski definition) is 2. The molecule has 3 aromatic heterocycles. The van der Waals surface area contributed by atoms with Crippen molar-refractivity contribution in [2.75, 3.05) is 11.9 Å². The second kappa shape index (κ2) is 9.32. The zero-order chi connectivity index (χ0) is 19.9. The summed E-state index contributed by atoms with van der Waals surface area (Å²) in [7, 11) is 0. The van der Waals surface area contributed by atoms with Gasteiger partial charge in [-0.25, -0.2) is 4.98 Å². The molecule has 0 spiro atoms. The number of carbonyl (C=O) groups excluding carboxylic acids is 1. The van der Waals surface area contributed by atoms with Crippen molar-refractivity contribution in [3.63, 3.8) is 0 Å². The van der Waals surface area contributed by atoms with Gasteiger partial charge in [0.2, 0.25) is 0 Å². The van der Waals surface area contributed by atoms with E-state index in [1.54, 1.807) is 18.5 Å². The van der Waals surface area contributed by atoms with Crippen LogP contribution in [0.15, 0.2) is 36.7 Å². The third-order valence-electron chi connectivity index (χ3n) is 4.52. The number of unbranched alkanes of at least 4 members (excludes halogenated alkanes) is 2. The maximum Gasteiger partial charge on any atom is 0.164 e. The zero-order valence-electron chi connectivity index (χ0n) is 16.2. The number of rotatable bonds is 9. The van der Waals surface area contributed by atoms with Gasteiger partial charge in [-0.1, -0.05) is 20.3 Å². The molecule has 0 saturated carbocycles. The Morgan fingerprint density at radius 2 is 1.93 bits per heavy atom. The molecule has 0 aromatic carbocycles. The van der Waals surface area contributed by atoms with Gasteiger partial charge in [-0.3, -0.25) is 9.78 Å². The topological polar surface area (TPSA) is 101 Å². The number of Topliss-reactive ketones (excluding diaryl/α,β-unsaturated/α-hetero) is 1. The van der Waals surface area contributed by atoms with E-state index in [1.165, 1.54) is 0 Å². The van der Waals surface area contributed by atoms with Crippen molar-refractivity contribution in [3.8, 4) is 0 Å². The summed E-state index contributed by atoms with van der Waals surface area (Å²) in [5.74, 6) is 1.65. The van der Waals surface area contributed by atoms with Gasteiger partial charge in [0.15, 0.2) is 11.6 Å². The van der Waals surface area contributed by atoms with Gasteiger partial charge in [-0.05, 0) is 48.6 Å². The normalized spacial score (nSPS) is 11.1. The van der Waals surface area contributed by atoms with Crippen molar-refractivity contribution in [1.82, 2.24) is 20.2 Å². The van der Waals surface area contributed by atoms with E-state index in [2.05, 4.69) is 39.3 Å². The van der Waals surface area contributed by atoms with Gasteiger partial charge in [0, 0.05) is 24.8 Å². The SMILES string of the molecule is CC(C)c1cnnc(Nc2ccc3ncc(C(=O)CCCCCO)cc3n2)c1. The summed E-state index contributed by atoms with van der Waals surface area (Å²) in [6.07, 6.45) is 6.13. The number of nitrogens with one attached hydrogen (secondary N) is 1. The van der Waals surface area contributed by atoms with Crippen LogP contribution >= 0.6 is 0 Å². The van der Waals surface area contributed by atoms with Crippen LogP contribution < -0.4 is 5.32 Å². The molecule has 2 N–H and O–H groups in total. The second-order valence-electron chi connectivity index (χ2n) is 7.07. The number of pyridine rings is 2. The highest BCUT2D eigenvalue weighted by Crippen LogP contribution is 2.20. The molecule has 0 saturated heterocycles. The fourth-order valence-corrected chi connectivity index (χ4v) is 2.84. The molecule has 0 aliphatic carbocycles. The van der Waals surface area contributed by atoms with Crippen LogP contribution in [0.2, 0.25) is 0 Å². The molecule has 0 fully saturated rings. The maximum atomic E-state index is 12.4. The summed E-state index contributed by atoms with van der Waals surface area (Å²) in [5, 5.41) is 20.1. The molecule has 28 heavy (non-hydrogen) atoms. The third-order valence-corrected chi connectivity index (χ3v) is 4.52. The Bertz CT molecular complexity index is 958. The Labute approximate surface area is 164 Å². The molecule has 0 aliphatic heterocycles. The van der Waals surface area contributed by atoms with E-state index in [1.807, 2.05) is 18.2 Å². The molecule has 0 atom stereocenters. The summed E-state index contributed by atoms with van der Waals surface area (Å²) >= 11 is 0. The standard InChI is InChI=1S/C21H25N5O2/c1-14(2)15-11-21(26-23-13-15)25-20-8-7-17-18(24-20)10-16(12-22-17)19(28)6-4-3-5-9-27/h7-8,10-14,27H,3-6,9H2,1-2H3,(H,24,25,26). The van der Waals surface area contributed by atoms with Gasteiger partial charge in [0.1, 0.15) is 5.82 Å². The number of aromatic nitrogens is 4. The molecule has 0 radical (unpaired) electrons. The fourth-order valence-electron chi connectivity index (χ4n) is 2.84. The van der Waals surface area contributed by atoms with Crippen LogP contribution in [0.5, 0.6) is 0 Å². The van der Waals surface area contributed by atoms with Crippen molar-refractivity contribution in [2.24, 2.45) is 0 Å². The van der Waals surface area contributed by atoms with Gasteiger partial charge >= 0.3 is 0 Å². The highest BCUT2D eigenvalue weighted by Gasteiger charge is 2.09. The second-order valence-corrected chi connectivity index (χ2v) is 7.07. The van der Waals surface area contributed by atoms with Gasteiger partial charge < -0.3 is 10.4 Å². The van der Waals surface area contributed by atoms with E-state index in [9.17, 15) is 4.79 Å². The molecule has 0 aliphatic rings. The van der Waals surface area contributed by atoms with Crippen molar-refractivity contribution in [2.45, 2.75) is 45.4 Å². The van der Waals surface area contributed by atoms with Gasteiger partial charge in [-0.15, -0.1) is 5.10 Å². The van der Waals surface area contributed by atoms with Crippen molar-refractivity contribution < 1.29 is 9.90 Å². The molecule has 3 rings (SSSR count).